The number of carboxylic acids is 1. The van der Waals surface area contributed by atoms with E-state index in [1.54, 1.807) is 4.90 Å². The summed E-state index contributed by atoms with van der Waals surface area (Å²) in [6.45, 7) is 3.03. The molecule has 1 rings (SSSR count). The minimum absolute atomic E-state index is 0.0255. The van der Waals surface area contributed by atoms with Gasteiger partial charge < -0.3 is 15.3 Å². The molecular weight excluding hydrogens is 236 g/mol. The SMILES string of the molecule is CC(=O)NCCC(=O)N1CCC(CC(=O)O)CC1. The third-order valence-corrected chi connectivity index (χ3v) is 3.14. The fraction of sp³-hybridized carbons (Fsp3) is 0.750. The van der Waals surface area contributed by atoms with Crippen LogP contribution in [0.25, 0.3) is 0 Å². The van der Waals surface area contributed by atoms with Crippen molar-refractivity contribution in [3.8, 4) is 0 Å². The second-order valence-corrected chi connectivity index (χ2v) is 4.65. The molecule has 0 saturated carbocycles. The predicted molar refractivity (Wildman–Crippen MR) is 64.9 cm³/mol. The van der Waals surface area contributed by atoms with Gasteiger partial charge >= 0.3 is 5.97 Å². The molecule has 0 spiro atoms. The zero-order valence-electron chi connectivity index (χ0n) is 10.6. The maximum atomic E-state index is 11.8. The number of nitrogens with one attached hydrogen (secondary N) is 1. The van der Waals surface area contributed by atoms with E-state index >= 15 is 0 Å². The van der Waals surface area contributed by atoms with E-state index in [1.807, 2.05) is 0 Å². The van der Waals surface area contributed by atoms with Crippen molar-refractivity contribution in [2.75, 3.05) is 19.6 Å². The Hall–Kier alpha value is -1.59. The quantitative estimate of drug-likeness (QED) is 0.737. The van der Waals surface area contributed by atoms with E-state index in [0.29, 0.717) is 26.1 Å². The van der Waals surface area contributed by atoms with E-state index in [2.05, 4.69) is 5.32 Å². The van der Waals surface area contributed by atoms with Gasteiger partial charge in [0.25, 0.3) is 0 Å². The molecule has 1 saturated heterocycles. The largest absolute Gasteiger partial charge is 0.481 e. The van der Waals surface area contributed by atoms with Gasteiger partial charge in [0.05, 0.1) is 0 Å². The molecule has 0 radical (unpaired) electrons. The number of piperidine rings is 1. The number of hydrogen-bond acceptors (Lipinski definition) is 3. The Labute approximate surface area is 106 Å². The van der Waals surface area contributed by atoms with Gasteiger partial charge in [-0.3, -0.25) is 14.4 Å². The van der Waals surface area contributed by atoms with E-state index in [1.165, 1.54) is 6.92 Å². The van der Waals surface area contributed by atoms with Crippen molar-refractivity contribution >= 4 is 17.8 Å². The smallest absolute Gasteiger partial charge is 0.303 e. The van der Waals surface area contributed by atoms with Crippen LogP contribution in [0.3, 0.4) is 0 Å². The van der Waals surface area contributed by atoms with Gasteiger partial charge in [-0.15, -0.1) is 0 Å². The Bertz CT molecular complexity index is 322. The molecular formula is C12H20N2O4. The highest BCUT2D eigenvalue weighted by Gasteiger charge is 2.23. The number of likely N-dealkylation sites (tertiary alicyclic amines) is 1. The van der Waals surface area contributed by atoms with Crippen LogP contribution >= 0.6 is 0 Å². The Morgan fingerprint density at radius 1 is 1.28 bits per heavy atom. The number of aliphatic carboxylic acids is 1. The van der Waals surface area contributed by atoms with Crippen LogP contribution in [0, 0.1) is 5.92 Å². The van der Waals surface area contributed by atoms with Crippen LogP contribution in [0.4, 0.5) is 0 Å². The molecule has 2 amide bonds. The monoisotopic (exact) mass is 256 g/mol. The zero-order chi connectivity index (χ0) is 13.5. The molecule has 18 heavy (non-hydrogen) atoms. The summed E-state index contributed by atoms with van der Waals surface area (Å²) in [5, 5.41) is 11.3. The standard InChI is InChI=1S/C12H20N2O4/c1-9(15)13-5-2-11(16)14-6-3-10(4-7-14)8-12(17)18/h10H,2-8H2,1H3,(H,13,15)(H,17,18). The molecule has 6 nitrogen and oxygen atoms in total. The number of rotatable bonds is 5. The Kier molecular flexibility index (Phi) is 5.61. The summed E-state index contributed by atoms with van der Waals surface area (Å²) in [7, 11) is 0. The first-order valence-corrected chi connectivity index (χ1v) is 6.23. The Morgan fingerprint density at radius 3 is 2.39 bits per heavy atom. The van der Waals surface area contributed by atoms with Gasteiger partial charge in [0.2, 0.25) is 11.8 Å². The second kappa shape index (κ2) is 6.98. The fourth-order valence-corrected chi connectivity index (χ4v) is 2.14. The summed E-state index contributed by atoms with van der Waals surface area (Å²) >= 11 is 0. The third kappa shape index (κ3) is 5.16. The first-order valence-electron chi connectivity index (χ1n) is 6.23. The molecule has 0 aromatic heterocycles. The number of carboxylic acid groups (broad SMARTS) is 1. The van der Waals surface area contributed by atoms with Crippen LogP contribution in [-0.2, 0) is 14.4 Å². The predicted octanol–water partition coefficient (Wildman–Crippen LogP) is 0.226. The lowest BCUT2D eigenvalue weighted by molar-refractivity contribution is -0.138. The summed E-state index contributed by atoms with van der Waals surface area (Å²) in [5.74, 6) is -0.701. The van der Waals surface area contributed by atoms with Gasteiger partial charge in [-0.1, -0.05) is 0 Å². The first-order chi connectivity index (χ1) is 8.49. The van der Waals surface area contributed by atoms with Crippen LogP contribution in [0.15, 0.2) is 0 Å². The lowest BCUT2D eigenvalue weighted by Gasteiger charge is -2.31. The minimum Gasteiger partial charge on any atom is -0.481 e. The summed E-state index contributed by atoms with van der Waals surface area (Å²) < 4.78 is 0. The van der Waals surface area contributed by atoms with E-state index in [0.717, 1.165) is 12.8 Å². The average molecular weight is 256 g/mol. The fourth-order valence-electron chi connectivity index (χ4n) is 2.14. The Morgan fingerprint density at radius 2 is 1.89 bits per heavy atom. The van der Waals surface area contributed by atoms with Gasteiger partial charge in [0.1, 0.15) is 0 Å². The average Bonchev–Trinajstić information content (AvgIpc) is 2.28. The lowest BCUT2D eigenvalue weighted by atomic mass is 9.93. The number of nitrogens with zero attached hydrogens (tertiary/aromatic N) is 1. The molecule has 1 heterocycles. The van der Waals surface area contributed by atoms with E-state index in [-0.39, 0.29) is 24.2 Å². The summed E-state index contributed by atoms with van der Waals surface area (Å²) in [4.78, 5) is 34.7. The number of carbonyl (C=O) groups is 3. The maximum absolute atomic E-state index is 11.8. The highest BCUT2D eigenvalue weighted by Crippen LogP contribution is 2.20. The molecule has 0 bridgehead atoms. The highest BCUT2D eigenvalue weighted by molar-refractivity contribution is 5.78. The van der Waals surface area contributed by atoms with Crippen molar-refractivity contribution in [1.29, 1.82) is 0 Å². The van der Waals surface area contributed by atoms with Gasteiger partial charge in [-0.05, 0) is 18.8 Å². The van der Waals surface area contributed by atoms with Crippen LogP contribution in [-0.4, -0.2) is 47.4 Å². The summed E-state index contributed by atoms with van der Waals surface area (Å²) in [6.07, 6.45) is 1.99. The summed E-state index contributed by atoms with van der Waals surface area (Å²) in [5.41, 5.74) is 0. The zero-order valence-corrected chi connectivity index (χ0v) is 10.6. The highest BCUT2D eigenvalue weighted by atomic mass is 16.4. The molecule has 102 valence electrons. The third-order valence-electron chi connectivity index (χ3n) is 3.14. The van der Waals surface area contributed by atoms with Crippen molar-refractivity contribution in [1.82, 2.24) is 10.2 Å². The van der Waals surface area contributed by atoms with E-state index in [9.17, 15) is 14.4 Å². The van der Waals surface area contributed by atoms with Crippen LogP contribution in [0.1, 0.15) is 32.6 Å². The number of hydrogen-bond donors (Lipinski definition) is 2. The Balaban J connectivity index is 2.23. The van der Waals surface area contributed by atoms with Crippen LogP contribution < -0.4 is 5.32 Å². The molecule has 6 heteroatoms. The first kappa shape index (κ1) is 14.5. The van der Waals surface area contributed by atoms with Crippen molar-refractivity contribution < 1.29 is 19.5 Å². The van der Waals surface area contributed by atoms with Crippen molar-refractivity contribution in [3.05, 3.63) is 0 Å². The number of carbonyl (C=O) groups excluding carboxylic acids is 2. The van der Waals surface area contributed by atoms with Gasteiger partial charge in [-0.25, -0.2) is 0 Å². The van der Waals surface area contributed by atoms with Gasteiger partial charge in [-0.2, -0.15) is 0 Å². The maximum Gasteiger partial charge on any atom is 0.303 e. The van der Waals surface area contributed by atoms with Crippen LogP contribution in [0.2, 0.25) is 0 Å². The summed E-state index contributed by atoms with van der Waals surface area (Å²) in [6, 6.07) is 0. The lowest BCUT2D eigenvalue weighted by Crippen LogP contribution is -2.40. The topological polar surface area (TPSA) is 86.7 Å². The van der Waals surface area contributed by atoms with Crippen molar-refractivity contribution in [2.45, 2.75) is 32.6 Å². The van der Waals surface area contributed by atoms with Gasteiger partial charge in [0.15, 0.2) is 0 Å². The van der Waals surface area contributed by atoms with Crippen molar-refractivity contribution in [2.24, 2.45) is 5.92 Å². The molecule has 0 atom stereocenters. The normalized spacial score (nSPS) is 16.4. The molecule has 0 aromatic rings. The molecule has 1 aliphatic rings. The van der Waals surface area contributed by atoms with Gasteiger partial charge in [0, 0.05) is 39.4 Å². The second-order valence-electron chi connectivity index (χ2n) is 4.65. The minimum atomic E-state index is -0.773. The molecule has 0 unspecified atom stereocenters. The van der Waals surface area contributed by atoms with E-state index in [4.69, 9.17) is 5.11 Å². The molecule has 1 fully saturated rings. The van der Waals surface area contributed by atoms with E-state index < -0.39 is 5.97 Å². The van der Waals surface area contributed by atoms with Crippen LogP contribution in [0.5, 0.6) is 0 Å². The molecule has 2 N–H and O–H groups in total. The molecule has 1 aliphatic heterocycles. The van der Waals surface area contributed by atoms with Crippen molar-refractivity contribution in [3.63, 3.8) is 0 Å². The molecule has 0 aliphatic carbocycles. The number of amides is 2. The molecule has 0 aromatic carbocycles.